The fraction of sp³-hybridized carbons (Fsp3) is 0.450. The second kappa shape index (κ2) is 8.17. The van der Waals surface area contributed by atoms with Gasteiger partial charge in [0, 0.05) is 24.4 Å². The zero-order chi connectivity index (χ0) is 19.4. The van der Waals surface area contributed by atoms with Crippen molar-refractivity contribution in [2.75, 3.05) is 18.8 Å². The number of benzene rings is 1. The fourth-order valence-electron chi connectivity index (χ4n) is 3.56. The number of aryl methyl sites for hydroxylation is 2. The standard InChI is InChI=1S/C20H24N2O4S/c1-14-17(15(2)26-21-14)12-27-13-18(23)22-10-8-20(9-11-22,19(24)25)16-6-4-3-5-7-16/h3-7H,8-13H2,1-2H3,(H,24,25). The Bertz CT molecular complexity index is 791. The fourth-order valence-corrected chi connectivity index (χ4v) is 4.64. The summed E-state index contributed by atoms with van der Waals surface area (Å²) in [7, 11) is 0. The van der Waals surface area contributed by atoms with Crippen molar-refractivity contribution in [2.24, 2.45) is 0 Å². The highest BCUT2D eigenvalue weighted by molar-refractivity contribution is 7.99. The van der Waals surface area contributed by atoms with Gasteiger partial charge in [0.05, 0.1) is 16.9 Å². The molecule has 144 valence electrons. The van der Waals surface area contributed by atoms with Crippen molar-refractivity contribution in [3.8, 4) is 0 Å². The molecule has 0 atom stereocenters. The highest BCUT2D eigenvalue weighted by atomic mass is 32.2. The van der Waals surface area contributed by atoms with Crippen molar-refractivity contribution < 1.29 is 19.2 Å². The third kappa shape index (κ3) is 4.03. The van der Waals surface area contributed by atoms with E-state index in [1.54, 1.807) is 4.90 Å². The molecular weight excluding hydrogens is 364 g/mol. The smallest absolute Gasteiger partial charge is 0.314 e. The van der Waals surface area contributed by atoms with Gasteiger partial charge < -0.3 is 14.5 Å². The molecule has 0 spiro atoms. The number of thioether (sulfide) groups is 1. The molecule has 1 aliphatic rings. The average Bonchev–Trinajstić information content (AvgIpc) is 3.00. The summed E-state index contributed by atoms with van der Waals surface area (Å²) in [6, 6.07) is 9.34. The molecule has 3 rings (SSSR count). The molecule has 1 saturated heterocycles. The molecule has 1 aromatic carbocycles. The highest BCUT2D eigenvalue weighted by Crippen LogP contribution is 2.36. The Hall–Kier alpha value is -2.28. The highest BCUT2D eigenvalue weighted by Gasteiger charge is 2.43. The quantitative estimate of drug-likeness (QED) is 0.818. The predicted octanol–water partition coefficient (Wildman–Crippen LogP) is 3.17. The summed E-state index contributed by atoms with van der Waals surface area (Å²) >= 11 is 1.54. The van der Waals surface area contributed by atoms with Crippen molar-refractivity contribution in [1.82, 2.24) is 10.1 Å². The van der Waals surface area contributed by atoms with E-state index in [1.807, 2.05) is 44.2 Å². The monoisotopic (exact) mass is 388 g/mol. The average molecular weight is 388 g/mol. The van der Waals surface area contributed by atoms with Crippen molar-refractivity contribution >= 4 is 23.6 Å². The number of carbonyl (C=O) groups excluding carboxylic acids is 1. The first-order chi connectivity index (χ1) is 12.9. The number of rotatable bonds is 6. The van der Waals surface area contributed by atoms with Crippen LogP contribution in [0, 0.1) is 13.8 Å². The maximum Gasteiger partial charge on any atom is 0.314 e. The summed E-state index contributed by atoms with van der Waals surface area (Å²) < 4.78 is 5.14. The van der Waals surface area contributed by atoms with Gasteiger partial charge in [-0.15, -0.1) is 11.8 Å². The Balaban J connectivity index is 1.56. The van der Waals surface area contributed by atoms with Gasteiger partial charge in [0.1, 0.15) is 5.76 Å². The summed E-state index contributed by atoms with van der Waals surface area (Å²) in [5.74, 6) is 1.09. The second-order valence-electron chi connectivity index (χ2n) is 6.93. The van der Waals surface area contributed by atoms with Gasteiger partial charge in [-0.2, -0.15) is 0 Å². The molecule has 6 nitrogen and oxygen atoms in total. The van der Waals surface area contributed by atoms with Crippen LogP contribution in [0.15, 0.2) is 34.9 Å². The molecule has 0 radical (unpaired) electrons. The number of hydrogen-bond acceptors (Lipinski definition) is 5. The van der Waals surface area contributed by atoms with Crippen LogP contribution in [0.5, 0.6) is 0 Å². The van der Waals surface area contributed by atoms with Gasteiger partial charge in [0.15, 0.2) is 0 Å². The summed E-state index contributed by atoms with van der Waals surface area (Å²) in [5.41, 5.74) is 1.82. The van der Waals surface area contributed by atoms with Gasteiger partial charge in [-0.05, 0) is 32.3 Å². The van der Waals surface area contributed by atoms with Crippen LogP contribution in [0.2, 0.25) is 0 Å². The molecule has 0 saturated carbocycles. The number of aromatic nitrogens is 1. The molecule has 2 aromatic rings. The number of nitrogens with zero attached hydrogens (tertiary/aromatic N) is 2. The van der Waals surface area contributed by atoms with Crippen LogP contribution in [0.25, 0.3) is 0 Å². The number of aliphatic carboxylic acids is 1. The third-order valence-corrected chi connectivity index (χ3v) is 6.30. The summed E-state index contributed by atoms with van der Waals surface area (Å²) in [6.45, 7) is 4.70. The lowest BCUT2D eigenvalue weighted by atomic mass is 9.73. The SMILES string of the molecule is Cc1noc(C)c1CSCC(=O)N1CCC(C(=O)O)(c2ccccc2)CC1. The van der Waals surface area contributed by atoms with Crippen LogP contribution in [-0.2, 0) is 20.8 Å². The van der Waals surface area contributed by atoms with E-state index in [0.717, 1.165) is 22.6 Å². The van der Waals surface area contributed by atoms with E-state index in [-0.39, 0.29) is 5.91 Å². The van der Waals surface area contributed by atoms with Crippen molar-refractivity contribution in [1.29, 1.82) is 0 Å². The molecule has 1 aromatic heterocycles. The van der Waals surface area contributed by atoms with Crippen molar-refractivity contribution in [3.63, 3.8) is 0 Å². The van der Waals surface area contributed by atoms with E-state index in [0.29, 0.717) is 37.4 Å². The third-order valence-electron chi connectivity index (χ3n) is 5.36. The van der Waals surface area contributed by atoms with Gasteiger partial charge in [-0.1, -0.05) is 35.5 Å². The molecule has 0 bridgehead atoms. The number of carboxylic acids is 1. The first-order valence-electron chi connectivity index (χ1n) is 9.00. The molecule has 27 heavy (non-hydrogen) atoms. The van der Waals surface area contributed by atoms with Gasteiger partial charge in [0.25, 0.3) is 0 Å². The zero-order valence-electron chi connectivity index (χ0n) is 15.6. The summed E-state index contributed by atoms with van der Waals surface area (Å²) in [6.07, 6.45) is 0.874. The number of likely N-dealkylation sites (tertiary alicyclic amines) is 1. The van der Waals surface area contributed by atoms with E-state index in [9.17, 15) is 14.7 Å². The van der Waals surface area contributed by atoms with Gasteiger partial charge in [0.2, 0.25) is 5.91 Å². The molecule has 1 fully saturated rings. The lowest BCUT2D eigenvalue weighted by molar-refractivity contribution is -0.147. The van der Waals surface area contributed by atoms with E-state index >= 15 is 0 Å². The number of carboxylic acid groups (broad SMARTS) is 1. The van der Waals surface area contributed by atoms with Crippen LogP contribution in [0.4, 0.5) is 0 Å². The molecule has 7 heteroatoms. The minimum atomic E-state index is -0.901. The largest absolute Gasteiger partial charge is 0.481 e. The Morgan fingerprint density at radius 3 is 2.44 bits per heavy atom. The van der Waals surface area contributed by atoms with E-state index in [1.165, 1.54) is 11.8 Å². The lowest BCUT2D eigenvalue weighted by Gasteiger charge is -2.39. The van der Waals surface area contributed by atoms with Gasteiger partial charge in [-0.25, -0.2) is 0 Å². The maximum absolute atomic E-state index is 12.5. The summed E-state index contributed by atoms with van der Waals surface area (Å²) in [5, 5.41) is 13.8. The lowest BCUT2D eigenvalue weighted by Crippen LogP contribution is -2.49. The zero-order valence-corrected chi connectivity index (χ0v) is 16.4. The molecule has 1 N–H and O–H groups in total. The van der Waals surface area contributed by atoms with E-state index < -0.39 is 11.4 Å². The Morgan fingerprint density at radius 2 is 1.89 bits per heavy atom. The van der Waals surface area contributed by atoms with E-state index in [4.69, 9.17) is 4.52 Å². The van der Waals surface area contributed by atoms with Crippen LogP contribution < -0.4 is 0 Å². The minimum absolute atomic E-state index is 0.0545. The molecule has 0 unspecified atom stereocenters. The molecular formula is C20H24N2O4S. The van der Waals surface area contributed by atoms with Crippen molar-refractivity contribution in [3.05, 3.63) is 52.9 Å². The van der Waals surface area contributed by atoms with E-state index in [2.05, 4.69) is 5.16 Å². The molecule has 2 heterocycles. The molecule has 1 amide bonds. The molecule has 0 aliphatic carbocycles. The first kappa shape index (κ1) is 19.5. The number of piperidine rings is 1. The Morgan fingerprint density at radius 1 is 1.22 bits per heavy atom. The maximum atomic E-state index is 12.5. The normalized spacial score (nSPS) is 16.3. The Labute approximate surface area is 162 Å². The second-order valence-corrected chi connectivity index (χ2v) is 7.92. The minimum Gasteiger partial charge on any atom is -0.481 e. The predicted molar refractivity (Wildman–Crippen MR) is 104 cm³/mol. The topological polar surface area (TPSA) is 83.6 Å². The first-order valence-corrected chi connectivity index (χ1v) is 10.2. The number of carbonyl (C=O) groups is 2. The number of amides is 1. The van der Waals surface area contributed by atoms with Gasteiger partial charge >= 0.3 is 5.97 Å². The Kier molecular flexibility index (Phi) is 5.89. The number of hydrogen-bond donors (Lipinski definition) is 1. The van der Waals surface area contributed by atoms with Crippen LogP contribution in [0.3, 0.4) is 0 Å². The van der Waals surface area contributed by atoms with Crippen LogP contribution in [-0.4, -0.2) is 45.9 Å². The molecule has 1 aliphatic heterocycles. The summed E-state index contributed by atoms with van der Waals surface area (Å²) in [4.78, 5) is 26.3. The van der Waals surface area contributed by atoms with Gasteiger partial charge in [-0.3, -0.25) is 9.59 Å². The van der Waals surface area contributed by atoms with Crippen molar-refractivity contribution in [2.45, 2.75) is 37.9 Å². The van der Waals surface area contributed by atoms with Crippen LogP contribution >= 0.6 is 11.8 Å². The van der Waals surface area contributed by atoms with Crippen LogP contribution in [0.1, 0.15) is 35.4 Å².